The van der Waals surface area contributed by atoms with Gasteiger partial charge in [-0.2, -0.15) is 0 Å². The Morgan fingerprint density at radius 2 is 1.84 bits per heavy atom. The normalized spacial score (nSPS) is 14.4. The fraction of sp³-hybridized carbons (Fsp3) is 0.189. The predicted molar refractivity (Wildman–Crippen MR) is 191 cm³/mol. The van der Waals surface area contributed by atoms with Crippen LogP contribution < -0.4 is 19.6 Å². The van der Waals surface area contributed by atoms with E-state index in [4.69, 9.17) is 35.2 Å². The molecule has 1 atom stereocenters. The first-order valence-electron chi connectivity index (χ1n) is 15.3. The van der Waals surface area contributed by atoms with Gasteiger partial charge in [-0.3, -0.25) is 9.36 Å². The lowest BCUT2D eigenvalue weighted by Crippen LogP contribution is -2.40. The summed E-state index contributed by atoms with van der Waals surface area (Å²) in [6.45, 7) is 5.39. The van der Waals surface area contributed by atoms with E-state index in [1.807, 2.05) is 42.5 Å². The van der Waals surface area contributed by atoms with Crippen molar-refractivity contribution in [3.05, 3.63) is 136 Å². The third kappa shape index (κ3) is 6.92. The standard InChI is InChI=1S/C37H30BrClN2O7S/c1-5-46-36(44)31-32(21-9-7-6-8-10-21)40-37-41(33(31)27-17-22(38)11-15-28(27)45-4)34(42)30(49-37)19-24-13-16-29(48-24)26-18-23(39)12-14-25(26)35(43)47-20(2)3/h6-20,33H,5H2,1-4H3/b30-19-/t33-/m0/s1. The molecule has 49 heavy (non-hydrogen) atoms. The number of esters is 2. The minimum atomic E-state index is -0.937. The molecule has 3 aromatic carbocycles. The van der Waals surface area contributed by atoms with Crippen LogP contribution in [0.5, 0.6) is 5.75 Å². The molecule has 0 N–H and O–H groups in total. The number of methoxy groups -OCH3 is 1. The number of carbonyl (C=O) groups excluding carboxylic acids is 2. The predicted octanol–water partition coefficient (Wildman–Crippen LogP) is 7.19. The van der Waals surface area contributed by atoms with E-state index in [9.17, 15) is 14.4 Å². The van der Waals surface area contributed by atoms with E-state index >= 15 is 0 Å². The fourth-order valence-corrected chi connectivity index (χ4v) is 7.07. The molecule has 0 fully saturated rings. The first-order valence-corrected chi connectivity index (χ1v) is 17.3. The van der Waals surface area contributed by atoms with Crippen molar-refractivity contribution in [2.24, 2.45) is 4.99 Å². The zero-order chi connectivity index (χ0) is 34.8. The molecule has 1 aliphatic rings. The van der Waals surface area contributed by atoms with E-state index in [2.05, 4.69) is 15.9 Å². The van der Waals surface area contributed by atoms with Crippen LogP contribution in [0.4, 0.5) is 0 Å². The zero-order valence-electron chi connectivity index (χ0n) is 26.9. The maximum Gasteiger partial charge on any atom is 0.339 e. The summed E-state index contributed by atoms with van der Waals surface area (Å²) >= 11 is 11.0. The zero-order valence-corrected chi connectivity index (χ0v) is 30.0. The summed E-state index contributed by atoms with van der Waals surface area (Å²) in [4.78, 5) is 46.3. The van der Waals surface area contributed by atoms with Crippen LogP contribution in [0.1, 0.15) is 54.1 Å². The molecule has 0 bridgehead atoms. The van der Waals surface area contributed by atoms with Crippen LogP contribution in [0.2, 0.25) is 5.02 Å². The summed E-state index contributed by atoms with van der Waals surface area (Å²) in [6, 6.07) is 22.0. The lowest BCUT2D eigenvalue weighted by molar-refractivity contribution is -0.138. The molecular formula is C37H30BrClN2O7S. The van der Waals surface area contributed by atoms with Crippen LogP contribution in [0, 0.1) is 0 Å². The quantitative estimate of drug-likeness (QED) is 0.146. The van der Waals surface area contributed by atoms with Crippen molar-refractivity contribution >= 4 is 62.6 Å². The minimum Gasteiger partial charge on any atom is -0.496 e. The molecular weight excluding hydrogens is 732 g/mol. The highest BCUT2D eigenvalue weighted by Gasteiger charge is 2.37. The number of hydrogen-bond donors (Lipinski definition) is 0. The van der Waals surface area contributed by atoms with E-state index < -0.39 is 23.5 Å². The van der Waals surface area contributed by atoms with Gasteiger partial charge in [-0.05, 0) is 69.3 Å². The van der Waals surface area contributed by atoms with Gasteiger partial charge in [0, 0.05) is 32.3 Å². The molecule has 1 aliphatic heterocycles. The Labute approximate surface area is 298 Å². The first-order chi connectivity index (χ1) is 23.6. The second-order valence-electron chi connectivity index (χ2n) is 11.2. The van der Waals surface area contributed by atoms with Gasteiger partial charge in [0.2, 0.25) is 0 Å². The lowest BCUT2D eigenvalue weighted by Gasteiger charge is -2.27. The molecule has 12 heteroatoms. The van der Waals surface area contributed by atoms with Gasteiger partial charge >= 0.3 is 11.9 Å². The first kappa shape index (κ1) is 34.2. The highest BCUT2D eigenvalue weighted by Crippen LogP contribution is 2.40. The topological polar surface area (TPSA) is 109 Å². The number of hydrogen-bond acceptors (Lipinski definition) is 9. The van der Waals surface area contributed by atoms with Crippen LogP contribution in [0.25, 0.3) is 23.1 Å². The maximum atomic E-state index is 14.4. The smallest absolute Gasteiger partial charge is 0.339 e. The molecule has 2 aromatic heterocycles. The monoisotopic (exact) mass is 760 g/mol. The van der Waals surface area contributed by atoms with E-state index in [0.29, 0.717) is 59.6 Å². The molecule has 3 heterocycles. The number of benzene rings is 3. The summed E-state index contributed by atoms with van der Waals surface area (Å²) in [5, 5.41) is 0.414. The van der Waals surface area contributed by atoms with Crippen molar-refractivity contribution in [2.45, 2.75) is 32.9 Å². The van der Waals surface area contributed by atoms with Crippen LogP contribution >= 0.6 is 38.9 Å². The van der Waals surface area contributed by atoms with Crippen molar-refractivity contribution in [3.8, 4) is 17.1 Å². The Morgan fingerprint density at radius 3 is 2.55 bits per heavy atom. The highest BCUT2D eigenvalue weighted by molar-refractivity contribution is 9.10. The van der Waals surface area contributed by atoms with Gasteiger partial charge in [0.25, 0.3) is 5.56 Å². The molecule has 0 spiro atoms. The number of thiazole rings is 1. The SMILES string of the molecule is CCOC(=O)C1=C(c2ccccc2)N=c2s/c(=C\c3ccc(-c4cc(Cl)ccc4C(=O)OC(C)C)o3)c(=O)n2[C@H]1c1cc(Br)ccc1OC. The number of carbonyl (C=O) groups is 2. The number of aromatic nitrogens is 1. The number of ether oxygens (including phenoxy) is 3. The molecule has 0 saturated heterocycles. The van der Waals surface area contributed by atoms with Gasteiger partial charge in [-0.25, -0.2) is 14.6 Å². The maximum absolute atomic E-state index is 14.4. The molecule has 0 unspecified atom stereocenters. The molecule has 250 valence electrons. The van der Waals surface area contributed by atoms with Crippen LogP contribution in [-0.2, 0) is 14.3 Å². The van der Waals surface area contributed by atoms with E-state index in [0.717, 1.165) is 15.8 Å². The fourth-order valence-electron chi connectivity index (χ4n) is 5.53. The summed E-state index contributed by atoms with van der Waals surface area (Å²) in [7, 11) is 1.53. The summed E-state index contributed by atoms with van der Waals surface area (Å²) in [6.07, 6.45) is 1.29. The number of rotatable bonds is 9. The number of halogens is 2. The van der Waals surface area contributed by atoms with Crippen LogP contribution in [0.3, 0.4) is 0 Å². The number of fused-ring (bicyclic) bond motifs is 1. The average Bonchev–Trinajstić information content (AvgIpc) is 3.67. The third-order valence-corrected chi connectivity index (χ3v) is 9.28. The van der Waals surface area contributed by atoms with Crippen molar-refractivity contribution in [3.63, 3.8) is 0 Å². The molecule has 0 saturated carbocycles. The molecule has 0 amide bonds. The Balaban J connectivity index is 1.55. The third-order valence-electron chi connectivity index (χ3n) is 7.57. The average molecular weight is 762 g/mol. The summed E-state index contributed by atoms with van der Waals surface area (Å²) in [5.41, 5.74) is 2.19. The largest absolute Gasteiger partial charge is 0.496 e. The van der Waals surface area contributed by atoms with Gasteiger partial charge in [0.05, 0.1) is 41.2 Å². The molecule has 0 radical (unpaired) electrons. The highest BCUT2D eigenvalue weighted by atomic mass is 79.9. The van der Waals surface area contributed by atoms with Gasteiger partial charge in [-0.15, -0.1) is 0 Å². The molecule has 5 aromatic rings. The minimum absolute atomic E-state index is 0.127. The van der Waals surface area contributed by atoms with E-state index in [1.165, 1.54) is 11.7 Å². The van der Waals surface area contributed by atoms with Crippen molar-refractivity contribution in [1.29, 1.82) is 0 Å². The van der Waals surface area contributed by atoms with Gasteiger partial charge < -0.3 is 18.6 Å². The van der Waals surface area contributed by atoms with Gasteiger partial charge in [-0.1, -0.05) is 69.2 Å². The van der Waals surface area contributed by atoms with Crippen LogP contribution in [0.15, 0.2) is 103 Å². The Hall–Kier alpha value is -4.71. The number of furan rings is 1. The van der Waals surface area contributed by atoms with E-state index in [-0.39, 0.29) is 18.3 Å². The Kier molecular flexibility index (Phi) is 10.0. The van der Waals surface area contributed by atoms with Crippen molar-refractivity contribution < 1.29 is 28.2 Å². The summed E-state index contributed by atoms with van der Waals surface area (Å²) in [5.74, 6) is 0.0821. The number of nitrogens with zero attached hydrogens (tertiary/aromatic N) is 2. The van der Waals surface area contributed by atoms with Gasteiger partial charge in [0.1, 0.15) is 23.3 Å². The Bertz CT molecular complexity index is 2290. The van der Waals surface area contributed by atoms with Crippen molar-refractivity contribution in [2.75, 3.05) is 13.7 Å². The molecule has 0 aliphatic carbocycles. The van der Waals surface area contributed by atoms with Crippen molar-refractivity contribution in [1.82, 2.24) is 4.57 Å². The molecule has 9 nitrogen and oxygen atoms in total. The molecule has 6 rings (SSSR count). The van der Waals surface area contributed by atoms with Gasteiger partial charge in [0.15, 0.2) is 4.80 Å². The van der Waals surface area contributed by atoms with Crippen LogP contribution in [-0.4, -0.2) is 36.3 Å². The second kappa shape index (κ2) is 14.4. The second-order valence-corrected chi connectivity index (χ2v) is 13.5. The van der Waals surface area contributed by atoms with E-state index in [1.54, 1.807) is 63.2 Å². The summed E-state index contributed by atoms with van der Waals surface area (Å²) < 4.78 is 25.4. The lowest BCUT2D eigenvalue weighted by atomic mass is 9.92. The Morgan fingerprint density at radius 1 is 1.06 bits per heavy atom.